The normalized spacial score (nSPS) is 11.5. The van der Waals surface area contributed by atoms with Crippen LogP contribution in [0.5, 0.6) is 5.75 Å². The number of ether oxygens (including phenoxy) is 1. The molecule has 0 spiro atoms. The zero-order valence-corrected chi connectivity index (χ0v) is 14.5. The van der Waals surface area contributed by atoms with Gasteiger partial charge in [0.25, 0.3) is 5.91 Å². The summed E-state index contributed by atoms with van der Waals surface area (Å²) in [5, 5.41) is 5.00. The van der Waals surface area contributed by atoms with Crippen LogP contribution in [0.15, 0.2) is 42.5 Å². The molecule has 0 heterocycles. The molecule has 7 heteroatoms. The van der Waals surface area contributed by atoms with E-state index in [1.807, 2.05) is 0 Å². The van der Waals surface area contributed by atoms with Gasteiger partial charge in [-0.1, -0.05) is 12.1 Å². The number of carbonyl (C=O) groups is 2. The van der Waals surface area contributed by atoms with Gasteiger partial charge in [-0.25, -0.2) is 8.78 Å². The van der Waals surface area contributed by atoms with Crippen LogP contribution in [0.4, 0.5) is 8.78 Å². The highest BCUT2D eigenvalue weighted by Gasteiger charge is 2.16. The molecule has 0 aliphatic carbocycles. The van der Waals surface area contributed by atoms with E-state index >= 15 is 0 Å². The molecule has 5 nitrogen and oxygen atoms in total. The fourth-order valence-corrected chi connectivity index (χ4v) is 2.41. The van der Waals surface area contributed by atoms with Gasteiger partial charge in [0, 0.05) is 5.56 Å². The third-order valence-electron chi connectivity index (χ3n) is 3.64. The largest absolute Gasteiger partial charge is 0.493 e. The zero-order chi connectivity index (χ0) is 19.1. The first-order chi connectivity index (χ1) is 12.4. The number of hydrogen-bond donors (Lipinski definition) is 2. The van der Waals surface area contributed by atoms with E-state index in [2.05, 4.69) is 10.6 Å². The highest BCUT2D eigenvalue weighted by atomic mass is 19.1. The number of nitrogens with one attached hydrogen (secondary N) is 2. The zero-order valence-electron chi connectivity index (χ0n) is 14.5. The van der Waals surface area contributed by atoms with Gasteiger partial charge in [-0.05, 0) is 44.2 Å². The van der Waals surface area contributed by atoms with Crippen molar-refractivity contribution in [3.05, 3.63) is 65.2 Å². The quantitative estimate of drug-likeness (QED) is 0.796. The molecule has 0 fully saturated rings. The van der Waals surface area contributed by atoms with Crippen molar-refractivity contribution < 1.29 is 23.1 Å². The molecule has 2 amide bonds. The molecule has 2 aromatic carbocycles. The Balaban J connectivity index is 1.94. The summed E-state index contributed by atoms with van der Waals surface area (Å²) in [7, 11) is 0. The summed E-state index contributed by atoms with van der Waals surface area (Å²) >= 11 is 0. The van der Waals surface area contributed by atoms with E-state index in [4.69, 9.17) is 4.74 Å². The number of carbonyl (C=O) groups excluding carboxylic acids is 2. The number of rotatable bonds is 7. The van der Waals surface area contributed by atoms with E-state index in [1.54, 1.807) is 31.2 Å². The van der Waals surface area contributed by atoms with Crippen LogP contribution in [0.2, 0.25) is 0 Å². The van der Waals surface area contributed by atoms with Crippen LogP contribution in [0, 0.1) is 11.6 Å². The first-order valence-corrected chi connectivity index (χ1v) is 8.16. The maximum atomic E-state index is 13.7. The lowest BCUT2D eigenvalue weighted by atomic mass is 10.1. The lowest BCUT2D eigenvalue weighted by Gasteiger charge is -2.16. The highest BCUT2D eigenvalue weighted by Crippen LogP contribution is 2.18. The van der Waals surface area contributed by atoms with Crippen molar-refractivity contribution in [2.24, 2.45) is 0 Å². The molecule has 2 rings (SSSR count). The van der Waals surface area contributed by atoms with Crippen LogP contribution in [0.3, 0.4) is 0 Å². The minimum absolute atomic E-state index is 0.0337. The molecule has 0 aliphatic heterocycles. The van der Waals surface area contributed by atoms with Gasteiger partial charge in [-0.15, -0.1) is 0 Å². The first-order valence-electron chi connectivity index (χ1n) is 8.16. The first kappa shape index (κ1) is 19.4. The Kier molecular flexibility index (Phi) is 6.66. The SMILES string of the molecule is CCOc1ccccc1C(=O)NCC(=O)NC(C)c1cc(F)ccc1F. The Morgan fingerprint density at radius 1 is 1.15 bits per heavy atom. The van der Waals surface area contributed by atoms with Crippen LogP contribution in [-0.2, 0) is 4.79 Å². The van der Waals surface area contributed by atoms with Gasteiger partial charge in [-0.2, -0.15) is 0 Å². The van der Waals surface area contributed by atoms with Crippen LogP contribution in [0.25, 0.3) is 0 Å². The van der Waals surface area contributed by atoms with Gasteiger partial charge in [0.1, 0.15) is 17.4 Å². The summed E-state index contributed by atoms with van der Waals surface area (Å²) in [5.41, 5.74) is 0.345. The average molecular weight is 362 g/mol. The summed E-state index contributed by atoms with van der Waals surface area (Å²) in [6.07, 6.45) is 0. The monoisotopic (exact) mass is 362 g/mol. The van der Waals surface area contributed by atoms with Crippen LogP contribution in [-0.4, -0.2) is 25.0 Å². The molecule has 1 atom stereocenters. The fraction of sp³-hybridized carbons (Fsp3) is 0.263. The second kappa shape index (κ2) is 8.94. The molecular formula is C19H20F2N2O3. The topological polar surface area (TPSA) is 67.4 Å². The van der Waals surface area contributed by atoms with Crippen LogP contribution in [0.1, 0.15) is 35.8 Å². The number of para-hydroxylation sites is 1. The number of halogens is 2. The molecule has 0 aliphatic rings. The number of benzene rings is 2. The van der Waals surface area contributed by atoms with Gasteiger partial charge >= 0.3 is 0 Å². The summed E-state index contributed by atoms with van der Waals surface area (Å²) in [6, 6.07) is 8.96. The molecule has 0 aromatic heterocycles. The second-order valence-electron chi connectivity index (χ2n) is 5.57. The minimum atomic E-state index is -0.745. The standard InChI is InChI=1S/C19H20F2N2O3/c1-3-26-17-7-5-4-6-14(17)19(25)22-11-18(24)23-12(2)15-10-13(20)8-9-16(15)21/h4-10,12H,3,11H2,1-2H3,(H,22,25)(H,23,24). The molecule has 0 saturated carbocycles. The minimum Gasteiger partial charge on any atom is -0.493 e. The van der Waals surface area contributed by atoms with Crippen molar-refractivity contribution >= 4 is 11.8 Å². The van der Waals surface area contributed by atoms with E-state index in [0.717, 1.165) is 18.2 Å². The van der Waals surface area contributed by atoms with E-state index in [9.17, 15) is 18.4 Å². The second-order valence-corrected chi connectivity index (χ2v) is 5.57. The van der Waals surface area contributed by atoms with Gasteiger partial charge in [0.2, 0.25) is 5.91 Å². The summed E-state index contributed by atoms with van der Waals surface area (Å²) in [5.74, 6) is -1.78. The smallest absolute Gasteiger partial charge is 0.255 e. The van der Waals surface area contributed by atoms with E-state index in [0.29, 0.717) is 17.9 Å². The third kappa shape index (κ3) is 5.02. The van der Waals surface area contributed by atoms with Crippen molar-refractivity contribution in [3.8, 4) is 5.75 Å². The van der Waals surface area contributed by atoms with Crippen molar-refractivity contribution in [1.82, 2.24) is 10.6 Å². The van der Waals surface area contributed by atoms with E-state index in [1.165, 1.54) is 6.92 Å². The van der Waals surface area contributed by atoms with Crippen LogP contribution >= 0.6 is 0 Å². The van der Waals surface area contributed by atoms with Gasteiger partial charge in [0.15, 0.2) is 0 Å². The van der Waals surface area contributed by atoms with Crippen molar-refractivity contribution in [2.75, 3.05) is 13.2 Å². The molecule has 0 radical (unpaired) electrons. The summed E-state index contributed by atoms with van der Waals surface area (Å²) < 4.78 is 32.3. The summed E-state index contributed by atoms with van der Waals surface area (Å²) in [4.78, 5) is 24.2. The van der Waals surface area contributed by atoms with Crippen molar-refractivity contribution in [1.29, 1.82) is 0 Å². The summed E-state index contributed by atoms with van der Waals surface area (Å²) in [6.45, 7) is 3.43. The molecule has 138 valence electrons. The molecule has 2 N–H and O–H groups in total. The molecule has 1 unspecified atom stereocenters. The molecule has 0 bridgehead atoms. The molecule has 26 heavy (non-hydrogen) atoms. The maximum Gasteiger partial charge on any atom is 0.255 e. The van der Waals surface area contributed by atoms with Gasteiger partial charge < -0.3 is 15.4 Å². The van der Waals surface area contributed by atoms with Gasteiger partial charge in [0.05, 0.1) is 24.8 Å². The van der Waals surface area contributed by atoms with Crippen molar-refractivity contribution in [3.63, 3.8) is 0 Å². The maximum absolute atomic E-state index is 13.7. The Bertz CT molecular complexity index is 796. The lowest BCUT2D eigenvalue weighted by Crippen LogP contribution is -2.38. The average Bonchev–Trinajstić information content (AvgIpc) is 2.62. The van der Waals surface area contributed by atoms with E-state index < -0.39 is 29.5 Å². The fourth-order valence-electron chi connectivity index (χ4n) is 2.41. The predicted molar refractivity (Wildman–Crippen MR) is 92.9 cm³/mol. The molecular weight excluding hydrogens is 342 g/mol. The van der Waals surface area contributed by atoms with Gasteiger partial charge in [-0.3, -0.25) is 9.59 Å². The van der Waals surface area contributed by atoms with E-state index in [-0.39, 0.29) is 12.1 Å². The Labute approximate surface area is 150 Å². The highest BCUT2D eigenvalue weighted by molar-refractivity contribution is 5.98. The Morgan fingerprint density at radius 2 is 1.88 bits per heavy atom. The number of hydrogen-bond acceptors (Lipinski definition) is 3. The van der Waals surface area contributed by atoms with Crippen LogP contribution < -0.4 is 15.4 Å². The predicted octanol–water partition coefficient (Wildman–Crippen LogP) is 2.97. The van der Waals surface area contributed by atoms with Crippen molar-refractivity contribution in [2.45, 2.75) is 19.9 Å². The Hall–Kier alpha value is -2.96. The lowest BCUT2D eigenvalue weighted by molar-refractivity contribution is -0.120. The molecule has 0 saturated heterocycles. The molecule has 2 aromatic rings. The third-order valence-corrected chi connectivity index (χ3v) is 3.64. The number of amides is 2. The Morgan fingerprint density at radius 3 is 2.62 bits per heavy atom.